The van der Waals surface area contributed by atoms with Crippen LogP contribution in [0.4, 0.5) is 4.39 Å². The summed E-state index contributed by atoms with van der Waals surface area (Å²) < 4.78 is 19.3. The average molecular weight is 412 g/mol. The highest BCUT2D eigenvalue weighted by Crippen LogP contribution is 2.34. The van der Waals surface area contributed by atoms with Gasteiger partial charge in [0.25, 0.3) is 5.91 Å². The maximum atomic E-state index is 13.1. The number of nitrogens with one attached hydrogen (secondary N) is 1. The zero-order valence-corrected chi connectivity index (χ0v) is 16.3. The summed E-state index contributed by atoms with van der Waals surface area (Å²) in [4.78, 5) is 20.3. The minimum absolute atomic E-state index is 0.331. The molecule has 0 radical (unpaired) electrons. The van der Waals surface area contributed by atoms with Crippen molar-refractivity contribution in [3.63, 3.8) is 0 Å². The predicted octanol–water partition coefficient (Wildman–Crippen LogP) is 4.63. The van der Waals surface area contributed by atoms with Crippen LogP contribution in [0.2, 0.25) is 0 Å². The molecule has 3 heterocycles. The molecule has 1 aliphatic rings. The molecule has 4 aromatic rings. The van der Waals surface area contributed by atoms with Gasteiger partial charge in [-0.25, -0.2) is 4.39 Å². The van der Waals surface area contributed by atoms with Crippen molar-refractivity contribution in [3.05, 3.63) is 108 Å². The summed E-state index contributed by atoms with van der Waals surface area (Å²) in [5.41, 5.74) is 3.16. The summed E-state index contributed by atoms with van der Waals surface area (Å²) in [6.07, 6.45) is 7.39. The summed E-state index contributed by atoms with van der Waals surface area (Å²) in [6.45, 7) is 0. The molecule has 1 N–H and O–H groups in total. The van der Waals surface area contributed by atoms with Gasteiger partial charge in [-0.05, 0) is 42.0 Å². The van der Waals surface area contributed by atoms with Gasteiger partial charge < -0.3 is 9.72 Å². The number of pyridine rings is 1. The molecule has 0 spiro atoms. The normalized spacial score (nSPS) is 16.0. The van der Waals surface area contributed by atoms with Crippen molar-refractivity contribution in [1.29, 1.82) is 0 Å². The Hall–Kier alpha value is -4.26. The lowest BCUT2D eigenvalue weighted by molar-refractivity contribution is -0.132. The molecule has 31 heavy (non-hydrogen) atoms. The molecule has 0 saturated heterocycles. The Morgan fingerprint density at radius 1 is 1.06 bits per heavy atom. The molecule has 1 aliphatic heterocycles. The third-order valence-electron chi connectivity index (χ3n) is 4.97. The number of benzene rings is 2. The Morgan fingerprint density at radius 2 is 1.84 bits per heavy atom. The Balaban J connectivity index is 1.50. The molecule has 0 fully saturated rings. The molecular weight excluding hydrogens is 395 g/mol. The van der Waals surface area contributed by atoms with Crippen molar-refractivity contribution < 1.29 is 13.9 Å². The number of hydrogen-bond donors (Lipinski definition) is 1. The first-order valence-electron chi connectivity index (χ1n) is 9.67. The van der Waals surface area contributed by atoms with E-state index in [-0.39, 0.29) is 11.7 Å². The van der Waals surface area contributed by atoms with E-state index in [2.05, 4.69) is 15.1 Å². The van der Waals surface area contributed by atoms with Crippen LogP contribution in [-0.2, 0) is 9.53 Å². The van der Waals surface area contributed by atoms with Crippen LogP contribution in [0.25, 0.3) is 17.0 Å². The van der Waals surface area contributed by atoms with Gasteiger partial charge in [0, 0.05) is 46.7 Å². The standard InChI is InChI=1S/C24H17FN4O2/c25-18-8-5-16(6-9-18)7-10-22(30)29-24(20-15-27-21-4-2-1-3-19(20)21)31-23(28-29)17-11-13-26-14-12-17/h1-15,24,27H/b10-7-. The monoisotopic (exact) mass is 412 g/mol. The van der Waals surface area contributed by atoms with E-state index < -0.39 is 6.23 Å². The first kappa shape index (κ1) is 18.7. The number of nitrogens with zero attached hydrogens (tertiary/aromatic N) is 3. The van der Waals surface area contributed by atoms with Crippen LogP contribution < -0.4 is 0 Å². The Labute approximate surface area is 177 Å². The van der Waals surface area contributed by atoms with E-state index in [1.54, 1.807) is 42.7 Å². The van der Waals surface area contributed by atoms with E-state index in [9.17, 15) is 9.18 Å². The van der Waals surface area contributed by atoms with Crippen LogP contribution in [0.5, 0.6) is 0 Å². The zero-order valence-electron chi connectivity index (χ0n) is 16.3. The molecule has 0 saturated carbocycles. The Bertz CT molecular complexity index is 1300. The highest BCUT2D eigenvalue weighted by molar-refractivity contribution is 5.99. The number of carbonyl (C=O) groups is 1. The largest absolute Gasteiger partial charge is 0.446 e. The molecule has 5 rings (SSSR count). The molecule has 1 amide bonds. The molecule has 2 aromatic carbocycles. The number of hydrogen-bond acceptors (Lipinski definition) is 4. The number of aromatic amines is 1. The van der Waals surface area contributed by atoms with E-state index >= 15 is 0 Å². The first-order chi connectivity index (χ1) is 15.2. The van der Waals surface area contributed by atoms with E-state index in [1.165, 1.54) is 23.2 Å². The second-order valence-corrected chi connectivity index (χ2v) is 6.97. The van der Waals surface area contributed by atoms with Crippen LogP contribution >= 0.6 is 0 Å². The van der Waals surface area contributed by atoms with E-state index in [4.69, 9.17) is 4.74 Å². The van der Waals surface area contributed by atoms with Crippen molar-refractivity contribution >= 4 is 28.8 Å². The van der Waals surface area contributed by atoms with Crippen LogP contribution in [0, 0.1) is 5.82 Å². The van der Waals surface area contributed by atoms with Crippen molar-refractivity contribution in [1.82, 2.24) is 15.0 Å². The molecule has 2 aromatic heterocycles. The fourth-order valence-electron chi connectivity index (χ4n) is 3.43. The van der Waals surface area contributed by atoms with Crippen LogP contribution in [0.1, 0.15) is 22.9 Å². The van der Waals surface area contributed by atoms with Crippen molar-refractivity contribution in [2.45, 2.75) is 6.23 Å². The van der Waals surface area contributed by atoms with Gasteiger partial charge in [0.2, 0.25) is 12.1 Å². The number of H-pyrrole nitrogens is 1. The number of aromatic nitrogens is 2. The molecular formula is C24H17FN4O2. The lowest BCUT2D eigenvalue weighted by Crippen LogP contribution is -2.26. The number of amides is 1. The summed E-state index contributed by atoms with van der Waals surface area (Å²) in [6, 6.07) is 17.2. The zero-order chi connectivity index (χ0) is 21.2. The maximum Gasteiger partial charge on any atom is 0.270 e. The number of carbonyl (C=O) groups excluding carboxylic acids is 1. The number of halogens is 1. The van der Waals surface area contributed by atoms with Gasteiger partial charge in [0.05, 0.1) is 0 Å². The van der Waals surface area contributed by atoms with Gasteiger partial charge in [-0.2, -0.15) is 5.01 Å². The van der Waals surface area contributed by atoms with Gasteiger partial charge >= 0.3 is 0 Å². The molecule has 0 aliphatic carbocycles. The van der Waals surface area contributed by atoms with E-state index in [0.29, 0.717) is 11.5 Å². The lowest BCUT2D eigenvalue weighted by Gasteiger charge is -2.18. The Kier molecular flexibility index (Phi) is 4.76. The molecule has 7 heteroatoms. The number of rotatable bonds is 4. The molecule has 152 valence electrons. The highest BCUT2D eigenvalue weighted by Gasteiger charge is 2.35. The third kappa shape index (κ3) is 3.69. The van der Waals surface area contributed by atoms with Crippen molar-refractivity contribution in [2.75, 3.05) is 0 Å². The predicted molar refractivity (Wildman–Crippen MR) is 115 cm³/mol. The van der Waals surface area contributed by atoms with Gasteiger partial charge in [0.1, 0.15) is 5.82 Å². The topological polar surface area (TPSA) is 70.6 Å². The summed E-state index contributed by atoms with van der Waals surface area (Å²) >= 11 is 0. The van der Waals surface area contributed by atoms with Gasteiger partial charge in [-0.3, -0.25) is 9.78 Å². The number of ether oxygens (including phenoxy) is 1. The summed E-state index contributed by atoms with van der Waals surface area (Å²) in [7, 11) is 0. The summed E-state index contributed by atoms with van der Waals surface area (Å²) in [5, 5.41) is 6.71. The van der Waals surface area contributed by atoms with Gasteiger partial charge in [0.15, 0.2) is 0 Å². The lowest BCUT2D eigenvalue weighted by atomic mass is 10.1. The molecule has 0 bridgehead atoms. The quantitative estimate of drug-likeness (QED) is 0.497. The van der Waals surface area contributed by atoms with E-state index in [0.717, 1.165) is 22.0 Å². The minimum Gasteiger partial charge on any atom is -0.446 e. The fourth-order valence-corrected chi connectivity index (χ4v) is 3.43. The van der Waals surface area contributed by atoms with Crippen molar-refractivity contribution in [3.8, 4) is 0 Å². The molecule has 1 atom stereocenters. The fraction of sp³-hybridized carbons (Fsp3) is 0.0417. The second kappa shape index (κ2) is 7.87. The van der Waals surface area contributed by atoms with Crippen LogP contribution in [0.3, 0.4) is 0 Å². The third-order valence-corrected chi connectivity index (χ3v) is 4.97. The number of hydrazone groups is 1. The van der Waals surface area contributed by atoms with Crippen molar-refractivity contribution in [2.24, 2.45) is 5.10 Å². The number of para-hydroxylation sites is 1. The molecule has 1 unspecified atom stereocenters. The van der Waals surface area contributed by atoms with Gasteiger partial charge in [-0.1, -0.05) is 30.3 Å². The van der Waals surface area contributed by atoms with Crippen LogP contribution in [0.15, 0.2) is 90.4 Å². The smallest absolute Gasteiger partial charge is 0.270 e. The SMILES string of the molecule is O=C(/C=C\c1ccc(F)cc1)N1N=C(c2ccncc2)OC1c1c[nH]c2ccccc12. The average Bonchev–Trinajstić information content (AvgIpc) is 3.43. The first-order valence-corrected chi connectivity index (χ1v) is 9.67. The second-order valence-electron chi connectivity index (χ2n) is 6.97. The molecule has 6 nitrogen and oxygen atoms in total. The summed E-state index contributed by atoms with van der Waals surface area (Å²) in [5.74, 6) is -0.354. The number of fused-ring (bicyclic) bond motifs is 1. The van der Waals surface area contributed by atoms with Gasteiger partial charge in [-0.15, -0.1) is 5.10 Å². The van der Waals surface area contributed by atoms with E-state index in [1.807, 2.05) is 30.5 Å². The Morgan fingerprint density at radius 3 is 2.65 bits per heavy atom. The highest BCUT2D eigenvalue weighted by atomic mass is 19.1. The maximum absolute atomic E-state index is 13.1. The van der Waals surface area contributed by atoms with Crippen LogP contribution in [-0.4, -0.2) is 26.8 Å². The minimum atomic E-state index is -0.732.